The van der Waals surface area contributed by atoms with Gasteiger partial charge in [-0.1, -0.05) is 11.6 Å². The van der Waals surface area contributed by atoms with Gasteiger partial charge in [0.1, 0.15) is 12.0 Å². The summed E-state index contributed by atoms with van der Waals surface area (Å²) in [5.41, 5.74) is -0.0974. The number of halogens is 1. The second-order valence-electron chi connectivity index (χ2n) is 4.61. The predicted octanol–water partition coefficient (Wildman–Crippen LogP) is 2.38. The highest BCUT2D eigenvalue weighted by Gasteiger charge is 2.27. The van der Waals surface area contributed by atoms with Gasteiger partial charge in [0.25, 0.3) is 5.69 Å². The average Bonchev–Trinajstić information content (AvgIpc) is 2.84. The van der Waals surface area contributed by atoms with Gasteiger partial charge in [-0.25, -0.2) is 4.98 Å². The molecule has 1 unspecified atom stereocenters. The molecule has 0 amide bonds. The van der Waals surface area contributed by atoms with E-state index in [2.05, 4.69) is 9.88 Å². The molecular weight excluding hydrogens is 270 g/mol. The minimum Gasteiger partial charge on any atom is -0.396 e. The zero-order valence-corrected chi connectivity index (χ0v) is 11.2. The molecule has 0 bridgehead atoms. The number of aromatic nitrogens is 1. The molecule has 1 aliphatic rings. The number of nitro groups is 1. The van der Waals surface area contributed by atoms with E-state index in [0.717, 1.165) is 32.2 Å². The van der Waals surface area contributed by atoms with Crippen LogP contribution in [0.1, 0.15) is 25.7 Å². The Labute approximate surface area is 116 Å². The fourth-order valence-corrected chi connectivity index (χ4v) is 2.74. The van der Waals surface area contributed by atoms with E-state index in [1.54, 1.807) is 0 Å². The summed E-state index contributed by atoms with van der Waals surface area (Å²) < 4.78 is 0. The van der Waals surface area contributed by atoms with Gasteiger partial charge in [-0.2, -0.15) is 0 Å². The summed E-state index contributed by atoms with van der Waals surface area (Å²) in [6.07, 6.45) is 4.94. The van der Waals surface area contributed by atoms with Crippen molar-refractivity contribution in [1.82, 2.24) is 4.98 Å². The fraction of sp³-hybridized carbons (Fsp3) is 0.583. The Kier molecular flexibility index (Phi) is 4.55. The highest BCUT2D eigenvalue weighted by atomic mass is 35.5. The fourth-order valence-electron chi connectivity index (χ4n) is 2.47. The van der Waals surface area contributed by atoms with Gasteiger partial charge >= 0.3 is 0 Å². The van der Waals surface area contributed by atoms with Crippen molar-refractivity contribution in [1.29, 1.82) is 0 Å². The van der Waals surface area contributed by atoms with E-state index < -0.39 is 4.92 Å². The second-order valence-corrected chi connectivity index (χ2v) is 5.02. The topological polar surface area (TPSA) is 79.5 Å². The number of anilines is 1. The summed E-state index contributed by atoms with van der Waals surface area (Å²) in [6.45, 7) is 1.02. The molecule has 1 saturated heterocycles. The van der Waals surface area contributed by atoms with Gasteiger partial charge < -0.3 is 10.0 Å². The highest BCUT2D eigenvalue weighted by molar-refractivity contribution is 6.33. The van der Waals surface area contributed by atoms with Crippen LogP contribution in [-0.2, 0) is 0 Å². The van der Waals surface area contributed by atoms with Crippen LogP contribution in [0.3, 0.4) is 0 Å². The van der Waals surface area contributed by atoms with Gasteiger partial charge in [-0.05, 0) is 25.7 Å². The molecule has 1 aromatic rings. The minimum atomic E-state index is -0.504. The minimum absolute atomic E-state index is 0.0974. The molecule has 7 heteroatoms. The molecule has 104 valence electrons. The van der Waals surface area contributed by atoms with Crippen LogP contribution in [0.5, 0.6) is 0 Å². The third kappa shape index (κ3) is 3.13. The lowest BCUT2D eigenvalue weighted by Crippen LogP contribution is -2.30. The number of aliphatic hydroxyl groups excluding tert-OH is 1. The van der Waals surface area contributed by atoms with Crippen LogP contribution in [0.4, 0.5) is 11.5 Å². The van der Waals surface area contributed by atoms with Crippen molar-refractivity contribution in [2.75, 3.05) is 18.1 Å². The number of hydrogen-bond donors (Lipinski definition) is 1. The zero-order chi connectivity index (χ0) is 13.8. The zero-order valence-electron chi connectivity index (χ0n) is 10.5. The van der Waals surface area contributed by atoms with Gasteiger partial charge in [-0.15, -0.1) is 0 Å². The average molecular weight is 286 g/mol. The summed E-state index contributed by atoms with van der Waals surface area (Å²) in [6, 6.07) is 1.64. The first-order chi connectivity index (χ1) is 9.13. The van der Waals surface area contributed by atoms with Gasteiger partial charge in [0.05, 0.1) is 9.95 Å². The molecule has 19 heavy (non-hydrogen) atoms. The normalized spacial score (nSPS) is 18.8. The maximum atomic E-state index is 10.7. The molecule has 2 rings (SSSR count). The van der Waals surface area contributed by atoms with E-state index in [1.165, 1.54) is 12.3 Å². The predicted molar refractivity (Wildman–Crippen MR) is 72.6 cm³/mol. The van der Waals surface area contributed by atoms with E-state index in [0.29, 0.717) is 16.9 Å². The van der Waals surface area contributed by atoms with Crippen molar-refractivity contribution in [2.24, 2.45) is 0 Å². The summed E-state index contributed by atoms with van der Waals surface area (Å²) in [4.78, 5) is 16.4. The number of aliphatic hydroxyl groups is 1. The molecule has 0 spiro atoms. The van der Waals surface area contributed by atoms with Crippen molar-refractivity contribution in [3.63, 3.8) is 0 Å². The lowest BCUT2D eigenvalue weighted by atomic mass is 10.1. The first kappa shape index (κ1) is 14.0. The number of nitrogens with zero attached hydrogens (tertiary/aromatic N) is 3. The van der Waals surface area contributed by atoms with Crippen LogP contribution in [0.15, 0.2) is 12.3 Å². The quantitative estimate of drug-likeness (QED) is 0.664. The van der Waals surface area contributed by atoms with E-state index >= 15 is 0 Å². The van der Waals surface area contributed by atoms with Crippen LogP contribution in [0.2, 0.25) is 5.02 Å². The number of pyridine rings is 1. The molecule has 1 fully saturated rings. The molecule has 0 radical (unpaired) electrons. The number of hydrogen-bond acceptors (Lipinski definition) is 5. The Balaban J connectivity index is 2.18. The molecule has 1 N–H and O–H groups in total. The Hall–Kier alpha value is -1.40. The maximum absolute atomic E-state index is 10.7. The summed E-state index contributed by atoms with van der Waals surface area (Å²) >= 11 is 6.09. The van der Waals surface area contributed by atoms with E-state index in [1.807, 2.05) is 0 Å². The lowest BCUT2D eigenvalue weighted by molar-refractivity contribution is -0.385. The monoisotopic (exact) mass is 285 g/mol. The SMILES string of the molecule is O=[N+]([O-])c1cnc(N2CCCC2CCCO)c(Cl)c1. The molecule has 1 aliphatic heterocycles. The molecule has 2 heterocycles. The smallest absolute Gasteiger partial charge is 0.289 e. The van der Waals surface area contributed by atoms with Crippen molar-refractivity contribution >= 4 is 23.1 Å². The second kappa shape index (κ2) is 6.16. The largest absolute Gasteiger partial charge is 0.396 e. The van der Waals surface area contributed by atoms with Gasteiger partial charge in [0.2, 0.25) is 0 Å². The first-order valence-corrected chi connectivity index (χ1v) is 6.68. The maximum Gasteiger partial charge on any atom is 0.289 e. The molecule has 0 aliphatic carbocycles. The van der Waals surface area contributed by atoms with Crippen LogP contribution < -0.4 is 4.90 Å². The lowest BCUT2D eigenvalue weighted by Gasteiger charge is -2.26. The summed E-state index contributed by atoms with van der Waals surface area (Å²) in [7, 11) is 0. The third-order valence-electron chi connectivity index (χ3n) is 3.36. The Morgan fingerprint density at radius 2 is 2.42 bits per heavy atom. The molecule has 0 aromatic carbocycles. The summed E-state index contributed by atoms with van der Waals surface area (Å²) in [5, 5.41) is 19.9. The van der Waals surface area contributed by atoms with Crippen LogP contribution in [0, 0.1) is 10.1 Å². The van der Waals surface area contributed by atoms with Crippen molar-refractivity contribution < 1.29 is 10.0 Å². The first-order valence-electron chi connectivity index (χ1n) is 6.31. The Morgan fingerprint density at radius 3 is 3.05 bits per heavy atom. The van der Waals surface area contributed by atoms with E-state index in [9.17, 15) is 10.1 Å². The van der Waals surface area contributed by atoms with E-state index in [4.69, 9.17) is 16.7 Å². The Bertz CT molecular complexity index is 470. The van der Waals surface area contributed by atoms with E-state index in [-0.39, 0.29) is 12.3 Å². The standard InChI is InChI=1S/C12H16ClN3O3/c13-11-7-10(16(18)19)8-14-12(11)15-5-1-3-9(15)4-2-6-17/h7-9,17H,1-6H2. The highest BCUT2D eigenvalue weighted by Crippen LogP contribution is 2.33. The number of rotatable bonds is 5. The molecule has 6 nitrogen and oxygen atoms in total. The van der Waals surface area contributed by atoms with Crippen molar-refractivity contribution in [2.45, 2.75) is 31.7 Å². The van der Waals surface area contributed by atoms with Crippen LogP contribution >= 0.6 is 11.6 Å². The van der Waals surface area contributed by atoms with Gasteiger partial charge in [0.15, 0.2) is 0 Å². The molecule has 1 atom stereocenters. The van der Waals surface area contributed by atoms with Gasteiger partial charge in [0, 0.05) is 25.3 Å². The molecule has 0 saturated carbocycles. The molecular formula is C12H16ClN3O3. The summed E-state index contributed by atoms with van der Waals surface area (Å²) in [5.74, 6) is 0.604. The van der Waals surface area contributed by atoms with Crippen molar-refractivity contribution in [3.05, 3.63) is 27.4 Å². The van der Waals surface area contributed by atoms with Gasteiger partial charge in [-0.3, -0.25) is 10.1 Å². The van der Waals surface area contributed by atoms with Crippen LogP contribution in [-0.4, -0.2) is 34.2 Å². The van der Waals surface area contributed by atoms with Crippen molar-refractivity contribution in [3.8, 4) is 0 Å². The molecule has 1 aromatic heterocycles. The van der Waals surface area contributed by atoms with Crippen LogP contribution in [0.25, 0.3) is 0 Å². The Morgan fingerprint density at radius 1 is 1.63 bits per heavy atom. The third-order valence-corrected chi connectivity index (χ3v) is 3.64.